The Bertz CT molecular complexity index is 2590. The number of rotatable bonds is 16. The lowest BCUT2D eigenvalue weighted by molar-refractivity contribution is -0.134. The number of aromatic nitrogens is 2. The lowest BCUT2D eigenvalue weighted by atomic mass is 9.93. The van der Waals surface area contributed by atoms with Crippen LogP contribution in [0.3, 0.4) is 0 Å². The smallest absolute Gasteiger partial charge is 0.270 e. The van der Waals surface area contributed by atoms with E-state index in [9.17, 15) is 24.6 Å². The van der Waals surface area contributed by atoms with Crippen molar-refractivity contribution in [3.63, 3.8) is 0 Å². The van der Waals surface area contributed by atoms with Gasteiger partial charge in [0.25, 0.3) is 5.91 Å². The van der Waals surface area contributed by atoms with Gasteiger partial charge in [0.15, 0.2) is 5.78 Å². The van der Waals surface area contributed by atoms with Crippen molar-refractivity contribution in [3.8, 4) is 0 Å². The number of hydrogen-bond donors (Lipinski definition) is 5. The van der Waals surface area contributed by atoms with Crippen LogP contribution in [0.4, 0.5) is 5.82 Å². The highest BCUT2D eigenvalue weighted by Gasteiger charge is 2.35. The Kier molecular flexibility index (Phi) is 16.1. The molecule has 8 rings (SSSR count). The van der Waals surface area contributed by atoms with Gasteiger partial charge in [-0.2, -0.15) is 0 Å². The van der Waals surface area contributed by atoms with Crippen LogP contribution in [0.15, 0.2) is 115 Å². The number of amides is 2. The molecule has 4 heterocycles. The zero-order valence-corrected chi connectivity index (χ0v) is 39.4. The number of nitrogens with one attached hydrogen (secondary N) is 3. The second kappa shape index (κ2) is 22.3. The van der Waals surface area contributed by atoms with Crippen molar-refractivity contribution in [2.24, 2.45) is 0 Å². The molecular weight excluding hydrogens is 934 g/mol. The van der Waals surface area contributed by atoms with E-state index >= 15 is 0 Å². The van der Waals surface area contributed by atoms with E-state index in [1.54, 1.807) is 59.5 Å². The van der Waals surface area contributed by atoms with Crippen LogP contribution in [-0.2, 0) is 29.0 Å². The van der Waals surface area contributed by atoms with Crippen LogP contribution in [0.5, 0.6) is 0 Å². The first-order valence-electron chi connectivity index (χ1n) is 22.0. The summed E-state index contributed by atoms with van der Waals surface area (Å²) in [5, 5.41) is 32.9. The van der Waals surface area contributed by atoms with Gasteiger partial charge < -0.3 is 31.1 Å². The van der Waals surface area contributed by atoms with E-state index in [1.165, 1.54) is 17.5 Å². The maximum atomic E-state index is 14.7. The largest absolute Gasteiger partial charge is 0.390 e. The fourth-order valence-corrected chi connectivity index (χ4v) is 9.10. The average molecular weight is 985 g/mol. The highest BCUT2D eigenvalue weighted by molar-refractivity contribution is 6.42. The predicted octanol–water partition coefficient (Wildman–Crippen LogP) is 6.43. The maximum Gasteiger partial charge on any atom is 0.270 e. The summed E-state index contributed by atoms with van der Waals surface area (Å²) in [6.45, 7) is 3.22. The van der Waals surface area contributed by atoms with Crippen molar-refractivity contribution >= 4 is 82.0 Å². The monoisotopic (exact) mass is 982 g/mol. The second-order valence-corrected chi connectivity index (χ2v) is 18.7. The topological polar surface area (TPSA) is 163 Å². The maximum absolute atomic E-state index is 14.7. The minimum atomic E-state index is -0.930. The van der Waals surface area contributed by atoms with Gasteiger partial charge >= 0.3 is 0 Å². The van der Waals surface area contributed by atoms with Crippen LogP contribution in [0.2, 0.25) is 20.1 Å². The van der Waals surface area contributed by atoms with E-state index < -0.39 is 24.3 Å². The van der Waals surface area contributed by atoms with Gasteiger partial charge in [0, 0.05) is 76.1 Å². The number of Topliss-reactive ketones (excluding diaryl/α,β-unsaturated/α-hetero) is 1. The minimum Gasteiger partial charge on any atom is -0.390 e. The zero-order chi connectivity index (χ0) is 47.0. The number of ketones is 1. The number of aliphatic hydroxyl groups is 2. The number of aliphatic hydroxyl groups excluding tert-OH is 2. The number of carbonyl (C=O) groups excluding carboxylic acids is 3. The second-order valence-electron chi connectivity index (χ2n) is 17.0. The Labute approximate surface area is 409 Å². The molecule has 3 aliphatic heterocycles. The van der Waals surface area contributed by atoms with Crippen molar-refractivity contribution in [2.45, 2.75) is 43.8 Å². The molecule has 0 saturated carbocycles. The van der Waals surface area contributed by atoms with E-state index in [0.717, 1.165) is 25.1 Å². The van der Waals surface area contributed by atoms with Gasteiger partial charge in [-0.25, -0.2) is 9.97 Å². The summed E-state index contributed by atoms with van der Waals surface area (Å²) in [5.74, 6) is -0.438. The first kappa shape index (κ1) is 48.3. The molecule has 2 fully saturated rings. The van der Waals surface area contributed by atoms with Crippen molar-refractivity contribution in [1.29, 1.82) is 0 Å². The average Bonchev–Trinajstić information content (AvgIpc) is 3.31. The SMILES string of the molecule is O=C1/C(=C/c2ccc(Cl)c(Cl)c2)CN(C(=O)C(Cc2ccccc2)NCC(O)N2CC(Nc3cc(C(=O)NC[C@H](O)CN4CCc5ccccc5C4)ncn3)C2)C/C1=C\c1ccc(Cl)c(Cl)c1. The van der Waals surface area contributed by atoms with Crippen LogP contribution in [0, 0.1) is 0 Å². The zero-order valence-electron chi connectivity index (χ0n) is 36.4. The molecule has 13 nitrogen and oxygen atoms in total. The quantitative estimate of drug-likeness (QED) is 0.0693. The van der Waals surface area contributed by atoms with Gasteiger partial charge in [-0.1, -0.05) is 113 Å². The number of carbonyl (C=O) groups is 3. The van der Waals surface area contributed by atoms with Gasteiger partial charge in [-0.3, -0.25) is 24.2 Å². The van der Waals surface area contributed by atoms with Crippen LogP contribution in [-0.4, -0.2) is 129 Å². The molecule has 5 N–H and O–H groups in total. The molecule has 0 aliphatic carbocycles. The molecule has 348 valence electrons. The molecule has 17 heteroatoms. The Morgan fingerprint density at radius 1 is 0.761 bits per heavy atom. The van der Waals surface area contributed by atoms with Gasteiger partial charge in [-0.05, 0) is 77.1 Å². The van der Waals surface area contributed by atoms with E-state index in [4.69, 9.17) is 46.4 Å². The molecule has 5 aromatic rings. The number of benzene rings is 4. The molecular formula is C50H50Cl4N8O5. The predicted molar refractivity (Wildman–Crippen MR) is 263 cm³/mol. The molecule has 67 heavy (non-hydrogen) atoms. The summed E-state index contributed by atoms with van der Waals surface area (Å²) >= 11 is 25.0. The fourth-order valence-electron chi connectivity index (χ4n) is 8.49. The molecule has 3 aliphatic rings. The van der Waals surface area contributed by atoms with Crippen LogP contribution >= 0.6 is 46.4 Å². The summed E-state index contributed by atoms with van der Waals surface area (Å²) in [6, 6.07) is 28.8. The Hall–Kier alpha value is -5.19. The van der Waals surface area contributed by atoms with E-state index in [2.05, 4.69) is 43.0 Å². The first-order valence-corrected chi connectivity index (χ1v) is 23.5. The van der Waals surface area contributed by atoms with Crippen LogP contribution in [0.1, 0.15) is 38.3 Å². The summed E-state index contributed by atoms with van der Waals surface area (Å²) in [6.07, 6.45) is 4.32. The van der Waals surface area contributed by atoms with Crippen molar-refractivity contribution in [2.75, 3.05) is 57.7 Å². The lowest BCUT2D eigenvalue weighted by Gasteiger charge is -2.43. The van der Waals surface area contributed by atoms with Gasteiger partial charge in [-0.15, -0.1) is 0 Å². The normalized spacial score (nSPS) is 18.3. The van der Waals surface area contributed by atoms with E-state index in [0.29, 0.717) is 74.2 Å². The number of halogens is 4. The van der Waals surface area contributed by atoms with Crippen molar-refractivity contribution in [3.05, 3.63) is 168 Å². The first-order chi connectivity index (χ1) is 32.3. The number of anilines is 1. The molecule has 0 radical (unpaired) electrons. The number of β-amino-alcohol motifs (C(OH)–C–C–N with tert-alkyl or cyclic N) is 1. The highest BCUT2D eigenvalue weighted by Crippen LogP contribution is 2.29. The van der Waals surface area contributed by atoms with Gasteiger partial charge in [0.2, 0.25) is 5.91 Å². The number of fused-ring (bicyclic) bond motifs is 1. The molecule has 0 bridgehead atoms. The summed E-state index contributed by atoms with van der Waals surface area (Å²) in [5.41, 5.74) is 5.74. The van der Waals surface area contributed by atoms with Gasteiger partial charge in [0.1, 0.15) is 24.1 Å². The van der Waals surface area contributed by atoms with Crippen molar-refractivity contribution in [1.82, 2.24) is 35.3 Å². The summed E-state index contributed by atoms with van der Waals surface area (Å²) in [4.78, 5) is 55.8. The lowest BCUT2D eigenvalue weighted by Crippen LogP contribution is -2.61. The number of hydrogen-bond acceptors (Lipinski definition) is 11. The summed E-state index contributed by atoms with van der Waals surface area (Å²) < 4.78 is 0. The molecule has 2 unspecified atom stereocenters. The minimum absolute atomic E-state index is 0.0363. The fraction of sp³-hybridized carbons (Fsp3) is 0.300. The Morgan fingerprint density at radius 2 is 1.40 bits per heavy atom. The molecule has 2 amide bonds. The molecule has 1 aromatic heterocycles. The number of piperidine rings is 1. The van der Waals surface area contributed by atoms with E-state index in [1.807, 2.05) is 47.4 Å². The third-order valence-corrected chi connectivity index (χ3v) is 13.6. The van der Waals surface area contributed by atoms with Crippen molar-refractivity contribution < 1.29 is 24.6 Å². The molecule has 0 spiro atoms. The molecule has 3 atom stereocenters. The Balaban J connectivity index is 0.878. The standard InChI is InChI=1S/C50H50Cl4N8O5/c51-40-12-10-32(18-42(40)53)16-36-25-62(26-37(48(36)65)17-33-11-13-41(52)43(54)19-33)50(67)45(20-31-6-2-1-3-7-31)55-23-47(64)61-27-38(28-61)59-46-21-44(57-30-58-46)49(66)56-22-39(63)29-60-15-14-34-8-4-5-9-35(34)24-60/h1-13,16-19,21,30,38-39,45,47,55,63-64H,14-15,20,22-29H2,(H,56,66)(H,57,58,59)/b36-16+,37-17+/t39-,45?,47?/m0/s1. The molecule has 4 aromatic carbocycles. The number of nitrogens with zero attached hydrogens (tertiary/aromatic N) is 5. The number of likely N-dealkylation sites (tertiary alicyclic amines) is 2. The third-order valence-electron chi connectivity index (χ3n) is 12.1. The van der Waals surface area contributed by atoms with Crippen LogP contribution in [0.25, 0.3) is 12.2 Å². The summed E-state index contributed by atoms with van der Waals surface area (Å²) in [7, 11) is 0. The van der Waals surface area contributed by atoms with E-state index in [-0.39, 0.29) is 49.6 Å². The van der Waals surface area contributed by atoms with Gasteiger partial charge in [0.05, 0.1) is 38.3 Å². The molecule has 2 saturated heterocycles. The Morgan fingerprint density at radius 3 is 2.06 bits per heavy atom. The van der Waals surface area contributed by atoms with Crippen LogP contribution < -0.4 is 16.0 Å². The third kappa shape index (κ3) is 12.7. The highest BCUT2D eigenvalue weighted by atomic mass is 35.5.